The highest BCUT2D eigenvalue weighted by atomic mass is 32.1. The zero-order valence-corrected chi connectivity index (χ0v) is 15.9. The highest BCUT2D eigenvalue weighted by Crippen LogP contribution is 2.44. The van der Waals surface area contributed by atoms with Crippen LogP contribution in [0.15, 0.2) is 35.7 Å². The molecule has 0 spiro atoms. The fraction of sp³-hybridized carbons (Fsp3) is 0.571. The van der Waals surface area contributed by atoms with E-state index < -0.39 is 0 Å². The summed E-state index contributed by atoms with van der Waals surface area (Å²) in [6.07, 6.45) is 6.55. The van der Waals surface area contributed by atoms with E-state index >= 15 is 0 Å². The summed E-state index contributed by atoms with van der Waals surface area (Å²) in [4.78, 5) is 7.26. The van der Waals surface area contributed by atoms with Crippen molar-refractivity contribution in [2.24, 2.45) is 5.41 Å². The van der Waals surface area contributed by atoms with Crippen molar-refractivity contribution in [1.29, 1.82) is 0 Å². The lowest BCUT2D eigenvalue weighted by Gasteiger charge is -2.35. The fourth-order valence-electron chi connectivity index (χ4n) is 4.56. The minimum atomic E-state index is 0.317. The molecule has 134 valence electrons. The molecule has 2 atom stereocenters. The van der Waals surface area contributed by atoms with Gasteiger partial charge in [0, 0.05) is 30.5 Å². The van der Waals surface area contributed by atoms with Crippen LogP contribution in [0.4, 0.5) is 0 Å². The summed E-state index contributed by atoms with van der Waals surface area (Å²) in [6, 6.07) is 10.9. The molecule has 0 amide bonds. The minimum absolute atomic E-state index is 0.317. The van der Waals surface area contributed by atoms with E-state index in [9.17, 15) is 0 Å². The minimum Gasteiger partial charge on any atom is -0.378 e. The maximum absolute atomic E-state index is 6.19. The Balaban J connectivity index is 1.45. The predicted octanol–water partition coefficient (Wildman–Crippen LogP) is 4.46. The molecule has 2 aliphatic rings. The van der Waals surface area contributed by atoms with Crippen molar-refractivity contribution in [2.45, 2.75) is 51.7 Å². The molecule has 3 heterocycles. The van der Waals surface area contributed by atoms with E-state index in [1.165, 1.54) is 48.5 Å². The molecule has 0 aliphatic carbocycles. The van der Waals surface area contributed by atoms with Crippen molar-refractivity contribution in [3.05, 3.63) is 52.0 Å². The first-order valence-corrected chi connectivity index (χ1v) is 10.4. The molecule has 1 aromatic carbocycles. The normalized spacial score (nSPS) is 27.2. The Hall–Kier alpha value is -1.23. The van der Waals surface area contributed by atoms with E-state index in [-0.39, 0.29) is 0 Å². The Morgan fingerprint density at radius 1 is 1.32 bits per heavy atom. The standard InChI is InChI=1S/C21H28N2OS/c1-17-22-19(15-25-17)14-23-12-11-21(16-23,20-8-5-13-24-20)10-9-18-6-3-2-4-7-18/h2-4,6-7,15,20H,5,8-14,16H2,1H3. The molecule has 4 heteroatoms. The molecule has 2 saturated heterocycles. The van der Waals surface area contributed by atoms with Crippen molar-refractivity contribution in [1.82, 2.24) is 9.88 Å². The third-order valence-electron chi connectivity index (χ3n) is 5.88. The van der Waals surface area contributed by atoms with Gasteiger partial charge in [-0.15, -0.1) is 11.3 Å². The highest BCUT2D eigenvalue weighted by molar-refractivity contribution is 7.09. The zero-order valence-electron chi connectivity index (χ0n) is 15.1. The van der Waals surface area contributed by atoms with Crippen molar-refractivity contribution < 1.29 is 4.74 Å². The van der Waals surface area contributed by atoms with E-state index in [2.05, 4.69) is 52.5 Å². The maximum atomic E-state index is 6.19. The van der Waals surface area contributed by atoms with Gasteiger partial charge in [0.05, 0.1) is 16.8 Å². The first-order chi connectivity index (χ1) is 12.2. The lowest BCUT2D eigenvalue weighted by atomic mass is 9.75. The summed E-state index contributed by atoms with van der Waals surface area (Å²) < 4.78 is 6.19. The number of aromatic nitrogens is 1. The van der Waals surface area contributed by atoms with Crippen LogP contribution in [0.5, 0.6) is 0 Å². The number of ether oxygens (including phenoxy) is 1. The van der Waals surface area contributed by atoms with Crippen molar-refractivity contribution in [3.63, 3.8) is 0 Å². The summed E-state index contributed by atoms with van der Waals surface area (Å²) in [5.74, 6) is 0. The number of likely N-dealkylation sites (tertiary alicyclic amines) is 1. The van der Waals surface area contributed by atoms with Gasteiger partial charge >= 0.3 is 0 Å². The van der Waals surface area contributed by atoms with E-state index in [1.54, 1.807) is 11.3 Å². The molecule has 4 rings (SSSR count). The molecule has 0 radical (unpaired) electrons. The molecule has 2 aliphatic heterocycles. The van der Waals surface area contributed by atoms with Gasteiger partial charge in [0.1, 0.15) is 0 Å². The van der Waals surface area contributed by atoms with Crippen LogP contribution in [0.1, 0.15) is 41.9 Å². The van der Waals surface area contributed by atoms with Gasteiger partial charge in [0.25, 0.3) is 0 Å². The Morgan fingerprint density at radius 2 is 2.20 bits per heavy atom. The molecule has 2 unspecified atom stereocenters. The van der Waals surface area contributed by atoms with Crippen LogP contribution < -0.4 is 0 Å². The van der Waals surface area contributed by atoms with Gasteiger partial charge in [-0.05, 0) is 51.1 Å². The Labute approximate surface area is 155 Å². The number of hydrogen-bond donors (Lipinski definition) is 0. The van der Waals surface area contributed by atoms with Crippen LogP contribution in [0.3, 0.4) is 0 Å². The summed E-state index contributed by atoms with van der Waals surface area (Å²) >= 11 is 1.76. The molecule has 3 nitrogen and oxygen atoms in total. The van der Waals surface area contributed by atoms with Gasteiger partial charge in [-0.2, -0.15) is 0 Å². The van der Waals surface area contributed by atoms with Crippen LogP contribution in [-0.4, -0.2) is 35.7 Å². The molecule has 0 N–H and O–H groups in total. The monoisotopic (exact) mass is 356 g/mol. The average Bonchev–Trinajstić information content (AvgIpc) is 3.36. The average molecular weight is 357 g/mol. The molecular weight excluding hydrogens is 328 g/mol. The van der Waals surface area contributed by atoms with Crippen molar-refractivity contribution in [2.75, 3.05) is 19.7 Å². The third kappa shape index (κ3) is 3.97. The quantitative estimate of drug-likeness (QED) is 0.764. The van der Waals surface area contributed by atoms with Gasteiger partial charge in [-0.25, -0.2) is 4.98 Å². The molecule has 2 aromatic rings. The summed E-state index contributed by atoms with van der Waals surface area (Å²) in [6.45, 7) is 6.36. The van der Waals surface area contributed by atoms with Crippen LogP contribution in [-0.2, 0) is 17.7 Å². The zero-order chi connectivity index (χ0) is 17.1. The lowest BCUT2D eigenvalue weighted by Crippen LogP contribution is -2.38. The maximum Gasteiger partial charge on any atom is 0.0897 e. The highest BCUT2D eigenvalue weighted by Gasteiger charge is 2.45. The smallest absolute Gasteiger partial charge is 0.0897 e. The first-order valence-electron chi connectivity index (χ1n) is 9.52. The predicted molar refractivity (Wildman–Crippen MR) is 103 cm³/mol. The van der Waals surface area contributed by atoms with Gasteiger partial charge in [0.2, 0.25) is 0 Å². The number of nitrogens with zero attached hydrogens (tertiary/aromatic N) is 2. The van der Waals surface area contributed by atoms with Crippen LogP contribution in [0, 0.1) is 12.3 Å². The second-order valence-corrected chi connectivity index (χ2v) is 8.73. The summed E-state index contributed by atoms with van der Waals surface area (Å²) in [5.41, 5.74) is 3.00. The van der Waals surface area contributed by atoms with E-state index in [1.807, 2.05) is 0 Å². The van der Waals surface area contributed by atoms with Gasteiger partial charge in [0.15, 0.2) is 0 Å². The van der Waals surface area contributed by atoms with Crippen LogP contribution >= 0.6 is 11.3 Å². The van der Waals surface area contributed by atoms with E-state index in [4.69, 9.17) is 4.74 Å². The lowest BCUT2D eigenvalue weighted by molar-refractivity contribution is -0.00186. The topological polar surface area (TPSA) is 25.4 Å². The number of aryl methyl sites for hydroxylation is 2. The number of rotatable bonds is 6. The second kappa shape index (κ2) is 7.56. The van der Waals surface area contributed by atoms with E-state index in [0.717, 1.165) is 26.1 Å². The van der Waals surface area contributed by atoms with Gasteiger partial charge in [-0.3, -0.25) is 4.90 Å². The Morgan fingerprint density at radius 3 is 2.92 bits per heavy atom. The van der Waals surface area contributed by atoms with E-state index in [0.29, 0.717) is 11.5 Å². The summed E-state index contributed by atoms with van der Waals surface area (Å²) in [5, 5.41) is 3.38. The molecule has 1 aromatic heterocycles. The third-order valence-corrected chi connectivity index (χ3v) is 6.71. The number of benzene rings is 1. The largest absolute Gasteiger partial charge is 0.378 e. The Bertz CT molecular complexity index is 680. The second-order valence-electron chi connectivity index (χ2n) is 7.67. The van der Waals surface area contributed by atoms with Gasteiger partial charge in [-0.1, -0.05) is 30.3 Å². The Kier molecular flexibility index (Phi) is 5.20. The fourth-order valence-corrected chi connectivity index (χ4v) is 5.16. The van der Waals surface area contributed by atoms with Crippen molar-refractivity contribution >= 4 is 11.3 Å². The van der Waals surface area contributed by atoms with Crippen molar-refractivity contribution in [3.8, 4) is 0 Å². The molecule has 2 fully saturated rings. The number of hydrogen-bond acceptors (Lipinski definition) is 4. The molecule has 0 bridgehead atoms. The molecule has 25 heavy (non-hydrogen) atoms. The summed E-state index contributed by atoms with van der Waals surface area (Å²) in [7, 11) is 0. The molecular formula is C21H28N2OS. The molecule has 0 saturated carbocycles. The SMILES string of the molecule is Cc1nc(CN2CCC(CCc3ccccc3)(C3CCCO3)C2)cs1. The van der Waals surface area contributed by atoms with Crippen LogP contribution in [0.2, 0.25) is 0 Å². The number of thiazole rings is 1. The van der Waals surface area contributed by atoms with Crippen LogP contribution in [0.25, 0.3) is 0 Å². The first kappa shape index (κ1) is 17.2. The van der Waals surface area contributed by atoms with Gasteiger partial charge < -0.3 is 4.74 Å².